The Morgan fingerprint density at radius 2 is 1.48 bits per heavy atom. The average Bonchev–Trinajstić information content (AvgIpc) is 2.55. The third-order valence-electron chi connectivity index (χ3n) is 3.65. The van der Waals surface area contributed by atoms with Crippen LogP contribution in [0.4, 0.5) is 0 Å². The zero-order chi connectivity index (χ0) is 15.1. The molecule has 2 aromatic carbocycles. The van der Waals surface area contributed by atoms with Crippen molar-refractivity contribution in [2.45, 2.75) is 12.5 Å². The SMILES string of the molecule is CNC(c1ccc(CCOC)cc1)c1ccc(OC)cc1. The molecule has 1 N–H and O–H groups in total. The van der Waals surface area contributed by atoms with Gasteiger partial charge >= 0.3 is 0 Å². The van der Waals surface area contributed by atoms with Crippen molar-refractivity contribution in [2.24, 2.45) is 0 Å². The normalized spacial score (nSPS) is 12.1. The van der Waals surface area contributed by atoms with Crippen LogP contribution < -0.4 is 10.1 Å². The lowest BCUT2D eigenvalue weighted by molar-refractivity contribution is 0.202. The Morgan fingerprint density at radius 1 is 0.905 bits per heavy atom. The van der Waals surface area contributed by atoms with Crippen molar-refractivity contribution in [3.05, 3.63) is 65.2 Å². The summed E-state index contributed by atoms with van der Waals surface area (Å²) in [5, 5.41) is 3.37. The molecule has 0 aliphatic heterocycles. The molecule has 3 nitrogen and oxygen atoms in total. The molecule has 1 atom stereocenters. The highest BCUT2D eigenvalue weighted by Crippen LogP contribution is 2.24. The van der Waals surface area contributed by atoms with Crippen molar-refractivity contribution < 1.29 is 9.47 Å². The summed E-state index contributed by atoms with van der Waals surface area (Å²) < 4.78 is 10.3. The van der Waals surface area contributed by atoms with Gasteiger partial charge < -0.3 is 14.8 Å². The molecular formula is C18H23NO2. The highest BCUT2D eigenvalue weighted by molar-refractivity contribution is 5.36. The summed E-state index contributed by atoms with van der Waals surface area (Å²) in [4.78, 5) is 0. The molecule has 2 rings (SSSR count). The van der Waals surface area contributed by atoms with Crippen molar-refractivity contribution >= 4 is 0 Å². The molecule has 0 saturated carbocycles. The summed E-state index contributed by atoms with van der Waals surface area (Å²) in [6, 6.07) is 17.1. The van der Waals surface area contributed by atoms with Crippen LogP contribution in [0.25, 0.3) is 0 Å². The van der Waals surface area contributed by atoms with Crippen LogP contribution in [0.2, 0.25) is 0 Å². The quantitative estimate of drug-likeness (QED) is 0.847. The van der Waals surface area contributed by atoms with Gasteiger partial charge in [-0.15, -0.1) is 0 Å². The number of hydrogen-bond acceptors (Lipinski definition) is 3. The van der Waals surface area contributed by atoms with E-state index in [0.717, 1.165) is 18.8 Å². The second-order valence-electron chi connectivity index (χ2n) is 4.98. The van der Waals surface area contributed by atoms with Crippen molar-refractivity contribution in [3.63, 3.8) is 0 Å². The summed E-state index contributed by atoms with van der Waals surface area (Å²) in [5.41, 5.74) is 3.77. The van der Waals surface area contributed by atoms with Crippen molar-refractivity contribution in [2.75, 3.05) is 27.9 Å². The van der Waals surface area contributed by atoms with Crippen LogP contribution in [0.3, 0.4) is 0 Å². The molecule has 3 heteroatoms. The minimum Gasteiger partial charge on any atom is -0.497 e. The molecule has 2 aromatic rings. The Kier molecular flexibility index (Phi) is 5.78. The molecule has 0 spiro atoms. The predicted molar refractivity (Wildman–Crippen MR) is 85.9 cm³/mol. The lowest BCUT2D eigenvalue weighted by atomic mass is 9.97. The van der Waals surface area contributed by atoms with Gasteiger partial charge in [0, 0.05) is 7.11 Å². The summed E-state index contributed by atoms with van der Waals surface area (Å²) in [6.45, 7) is 0.757. The highest BCUT2D eigenvalue weighted by Gasteiger charge is 2.11. The van der Waals surface area contributed by atoms with E-state index in [1.165, 1.54) is 16.7 Å². The number of hydrogen-bond donors (Lipinski definition) is 1. The van der Waals surface area contributed by atoms with E-state index in [4.69, 9.17) is 9.47 Å². The molecule has 0 saturated heterocycles. The first-order valence-corrected chi connectivity index (χ1v) is 7.17. The van der Waals surface area contributed by atoms with E-state index in [2.05, 4.69) is 41.7 Å². The summed E-state index contributed by atoms with van der Waals surface area (Å²) in [6.07, 6.45) is 0.948. The third-order valence-corrected chi connectivity index (χ3v) is 3.65. The molecule has 0 aliphatic carbocycles. The zero-order valence-electron chi connectivity index (χ0n) is 12.9. The maximum absolute atomic E-state index is 5.21. The number of ether oxygens (including phenoxy) is 2. The first-order valence-electron chi connectivity index (χ1n) is 7.17. The van der Waals surface area contributed by atoms with Crippen LogP contribution in [-0.4, -0.2) is 27.9 Å². The van der Waals surface area contributed by atoms with Crippen LogP contribution in [0.1, 0.15) is 22.7 Å². The van der Waals surface area contributed by atoms with E-state index in [-0.39, 0.29) is 6.04 Å². The Morgan fingerprint density at radius 3 is 1.95 bits per heavy atom. The Balaban J connectivity index is 2.15. The van der Waals surface area contributed by atoms with Gasteiger partial charge in [0.15, 0.2) is 0 Å². The Labute approximate surface area is 126 Å². The topological polar surface area (TPSA) is 30.5 Å². The van der Waals surface area contributed by atoms with E-state index in [9.17, 15) is 0 Å². The van der Waals surface area contributed by atoms with Gasteiger partial charge in [-0.3, -0.25) is 0 Å². The van der Waals surface area contributed by atoms with Crippen LogP contribution in [0.15, 0.2) is 48.5 Å². The molecule has 0 aromatic heterocycles. The van der Waals surface area contributed by atoms with Crippen molar-refractivity contribution in [1.82, 2.24) is 5.32 Å². The first-order chi connectivity index (χ1) is 10.3. The summed E-state index contributed by atoms with van der Waals surface area (Å²) in [5.74, 6) is 0.878. The van der Waals surface area contributed by atoms with Gasteiger partial charge in [0.2, 0.25) is 0 Å². The van der Waals surface area contributed by atoms with Gasteiger partial charge in [-0.05, 0) is 42.3 Å². The minimum absolute atomic E-state index is 0.187. The van der Waals surface area contributed by atoms with E-state index in [1.807, 2.05) is 19.2 Å². The maximum atomic E-state index is 5.21. The first kappa shape index (κ1) is 15.5. The van der Waals surface area contributed by atoms with Crippen LogP contribution in [0, 0.1) is 0 Å². The number of nitrogens with one attached hydrogen (secondary N) is 1. The van der Waals surface area contributed by atoms with Crippen molar-refractivity contribution in [1.29, 1.82) is 0 Å². The van der Waals surface area contributed by atoms with E-state index in [1.54, 1.807) is 14.2 Å². The molecule has 0 fully saturated rings. The molecule has 0 aliphatic rings. The molecular weight excluding hydrogens is 262 g/mol. The monoisotopic (exact) mass is 285 g/mol. The standard InChI is InChI=1S/C18H23NO2/c1-19-18(16-8-10-17(21-3)11-9-16)15-6-4-14(5-7-15)12-13-20-2/h4-11,18-19H,12-13H2,1-3H3. The zero-order valence-corrected chi connectivity index (χ0v) is 12.9. The summed E-state index contributed by atoms with van der Waals surface area (Å²) in [7, 11) is 5.39. The molecule has 1 unspecified atom stereocenters. The van der Waals surface area contributed by atoms with Gasteiger partial charge in [-0.25, -0.2) is 0 Å². The molecule has 0 heterocycles. The maximum Gasteiger partial charge on any atom is 0.118 e. The third kappa shape index (κ3) is 4.06. The molecule has 0 bridgehead atoms. The fourth-order valence-corrected chi connectivity index (χ4v) is 2.42. The number of methoxy groups -OCH3 is 2. The molecule has 112 valence electrons. The highest BCUT2D eigenvalue weighted by atomic mass is 16.5. The van der Waals surface area contributed by atoms with Gasteiger partial charge in [0.25, 0.3) is 0 Å². The van der Waals surface area contributed by atoms with Gasteiger partial charge in [0.1, 0.15) is 5.75 Å². The fourth-order valence-electron chi connectivity index (χ4n) is 2.42. The smallest absolute Gasteiger partial charge is 0.118 e. The van der Waals surface area contributed by atoms with Crippen LogP contribution >= 0.6 is 0 Å². The number of rotatable bonds is 7. The second-order valence-corrected chi connectivity index (χ2v) is 4.98. The average molecular weight is 285 g/mol. The van der Waals surface area contributed by atoms with Gasteiger partial charge in [-0.2, -0.15) is 0 Å². The van der Waals surface area contributed by atoms with E-state index < -0.39 is 0 Å². The van der Waals surface area contributed by atoms with E-state index >= 15 is 0 Å². The molecule has 0 amide bonds. The number of benzene rings is 2. The summed E-state index contributed by atoms with van der Waals surface area (Å²) >= 11 is 0. The largest absolute Gasteiger partial charge is 0.497 e. The van der Waals surface area contributed by atoms with Crippen molar-refractivity contribution in [3.8, 4) is 5.75 Å². The van der Waals surface area contributed by atoms with Gasteiger partial charge in [-0.1, -0.05) is 36.4 Å². The predicted octanol–water partition coefficient (Wildman–Crippen LogP) is 3.19. The molecule has 21 heavy (non-hydrogen) atoms. The van der Waals surface area contributed by atoms with E-state index in [0.29, 0.717) is 0 Å². The lowest BCUT2D eigenvalue weighted by Crippen LogP contribution is -2.17. The van der Waals surface area contributed by atoms with Crippen LogP contribution in [0.5, 0.6) is 5.75 Å². The Bertz CT molecular complexity index is 534. The second kappa shape index (κ2) is 7.81. The Hall–Kier alpha value is -1.84. The van der Waals surface area contributed by atoms with Gasteiger partial charge in [0.05, 0.1) is 19.8 Å². The minimum atomic E-state index is 0.187. The van der Waals surface area contributed by atoms with Crippen LogP contribution in [-0.2, 0) is 11.2 Å². The molecule has 0 radical (unpaired) electrons. The fraction of sp³-hybridized carbons (Fsp3) is 0.333. The lowest BCUT2D eigenvalue weighted by Gasteiger charge is -2.18.